The van der Waals surface area contributed by atoms with Gasteiger partial charge < -0.3 is 15.4 Å². The number of nitro benzene ring substituents is 1. The third-order valence-electron chi connectivity index (χ3n) is 6.34. The number of rotatable bonds is 4. The number of Topliss-reactive ketones (excluding diaryl/α,β-unsaturated/α-hetero) is 1. The highest BCUT2D eigenvalue weighted by Gasteiger charge is 2.39. The fraction of sp³-hybridized carbons (Fsp3) is 0.192. The molecule has 2 aliphatic rings. The van der Waals surface area contributed by atoms with E-state index < -0.39 is 10.8 Å². The van der Waals surface area contributed by atoms with Crippen LogP contribution in [0.4, 0.5) is 17.1 Å². The molecule has 166 valence electrons. The maximum atomic E-state index is 13.5. The highest BCUT2D eigenvalue weighted by Crippen LogP contribution is 2.44. The van der Waals surface area contributed by atoms with E-state index in [2.05, 4.69) is 16.7 Å². The van der Waals surface area contributed by atoms with Crippen LogP contribution in [0.1, 0.15) is 29.5 Å². The fourth-order valence-electron chi connectivity index (χ4n) is 4.65. The quantitative estimate of drug-likeness (QED) is 0.414. The van der Waals surface area contributed by atoms with Crippen molar-refractivity contribution in [2.24, 2.45) is 5.92 Å². The number of methoxy groups -OCH3 is 1. The Labute approximate surface area is 191 Å². The van der Waals surface area contributed by atoms with Crippen LogP contribution >= 0.6 is 0 Å². The second-order valence-corrected chi connectivity index (χ2v) is 8.29. The van der Waals surface area contributed by atoms with Gasteiger partial charge >= 0.3 is 0 Å². The van der Waals surface area contributed by atoms with Gasteiger partial charge in [0.2, 0.25) is 0 Å². The summed E-state index contributed by atoms with van der Waals surface area (Å²) in [5.41, 5.74) is 4.51. The lowest BCUT2D eigenvalue weighted by Crippen LogP contribution is -2.33. The van der Waals surface area contributed by atoms with Crippen molar-refractivity contribution in [1.82, 2.24) is 0 Å². The predicted octanol–water partition coefficient (Wildman–Crippen LogP) is 5.44. The topological polar surface area (TPSA) is 93.5 Å². The van der Waals surface area contributed by atoms with E-state index in [9.17, 15) is 14.9 Å². The van der Waals surface area contributed by atoms with Crippen LogP contribution in [0.5, 0.6) is 5.75 Å². The van der Waals surface area contributed by atoms with Gasteiger partial charge in [0.1, 0.15) is 11.5 Å². The molecule has 0 aromatic heterocycles. The fourth-order valence-corrected chi connectivity index (χ4v) is 4.65. The molecule has 7 nitrogen and oxygen atoms in total. The van der Waals surface area contributed by atoms with Gasteiger partial charge in [0, 0.05) is 30.2 Å². The molecule has 2 N–H and O–H groups in total. The number of anilines is 2. The van der Waals surface area contributed by atoms with Crippen LogP contribution in [0.15, 0.2) is 84.6 Å². The van der Waals surface area contributed by atoms with Crippen LogP contribution in [0.3, 0.4) is 0 Å². The molecule has 0 saturated heterocycles. The summed E-state index contributed by atoms with van der Waals surface area (Å²) in [6.07, 6.45) is 2.51. The van der Waals surface area contributed by atoms with E-state index >= 15 is 0 Å². The lowest BCUT2D eigenvalue weighted by Gasteiger charge is -2.32. The van der Waals surface area contributed by atoms with E-state index in [-0.39, 0.29) is 23.4 Å². The first-order valence-corrected chi connectivity index (χ1v) is 10.8. The van der Waals surface area contributed by atoms with Gasteiger partial charge in [-0.05, 0) is 35.4 Å². The summed E-state index contributed by atoms with van der Waals surface area (Å²) in [5.74, 6) is 0.401. The lowest BCUT2D eigenvalue weighted by molar-refractivity contribution is -0.384. The first-order valence-electron chi connectivity index (χ1n) is 10.8. The first-order chi connectivity index (χ1) is 16.0. The molecular formula is C26H23N3O4. The molecule has 3 atom stereocenters. The average Bonchev–Trinajstić information content (AvgIpc) is 3.01. The van der Waals surface area contributed by atoms with Crippen molar-refractivity contribution >= 4 is 22.8 Å². The Bertz CT molecular complexity index is 1240. The van der Waals surface area contributed by atoms with Crippen molar-refractivity contribution in [2.45, 2.75) is 18.4 Å². The number of nitrogens with zero attached hydrogens (tertiary/aromatic N) is 1. The molecule has 0 amide bonds. The Morgan fingerprint density at radius 1 is 0.939 bits per heavy atom. The van der Waals surface area contributed by atoms with Crippen LogP contribution in [0.25, 0.3) is 0 Å². The van der Waals surface area contributed by atoms with E-state index in [1.54, 1.807) is 19.2 Å². The van der Waals surface area contributed by atoms with E-state index in [4.69, 9.17) is 4.74 Å². The number of carbonyl (C=O) groups excluding carboxylic acids is 1. The van der Waals surface area contributed by atoms with Crippen molar-refractivity contribution in [3.63, 3.8) is 0 Å². The molecule has 7 heteroatoms. The lowest BCUT2D eigenvalue weighted by atomic mass is 9.76. The number of carbonyl (C=O) groups is 1. The molecule has 33 heavy (non-hydrogen) atoms. The number of ketones is 1. The average molecular weight is 441 g/mol. The van der Waals surface area contributed by atoms with Crippen molar-refractivity contribution in [1.29, 1.82) is 0 Å². The number of nitro groups is 1. The van der Waals surface area contributed by atoms with Gasteiger partial charge in [0.15, 0.2) is 0 Å². The zero-order valence-electron chi connectivity index (χ0n) is 18.0. The zero-order valence-corrected chi connectivity index (χ0v) is 18.0. The molecule has 0 radical (unpaired) electrons. The standard InChI is InChI=1S/C26H23N3O4/c1-33-20-12-8-16(9-13-20)18-14-23-25(24(30)15-18)26(17-6-10-19(11-7-17)29(31)32)28-22-5-3-2-4-21(22)27-23/h2-14,18,25-28H,15H2,1H3. The maximum absolute atomic E-state index is 13.5. The summed E-state index contributed by atoms with van der Waals surface area (Å²) >= 11 is 0. The third kappa shape index (κ3) is 3.93. The van der Waals surface area contributed by atoms with E-state index in [0.29, 0.717) is 6.42 Å². The molecule has 1 aliphatic carbocycles. The molecular weight excluding hydrogens is 418 g/mol. The summed E-state index contributed by atoms with van der Waals surface area (Å²) in [4.78, 5) is 24.2. The van der Waals surface area contributed by atoms with Crippen LogP contribution in [0, 0.1) is 16.0 Å². The minimum atomic E-state index is -0.437. The summed E-state index contributed by atoms with van der Waals surface area (Å²) < 4.78 is 5.26. The van der Waals surface area contributed by atoms with Gasteiger partial charge in [-0.25, -0.2) is 0 Å². The summed E-state index contributed by atoms with van der Waals surface area (Å²) in [6, 6.07) is 21.7. The zero-order chi connectivity index (χ0) is 22.9. The van der Waals surface area contributed by atoms with Gasteiger partial charge in [-0.15, -0.1) is 0 Å². The summed E-state index contributed by atoms with van der Waals surface area (Å²) in [6.45, 7) is 0. The molecule has 0 fully saturated rings. The van der Waals surface area contributed by atoms with E-state index in [0.717, 1.165) is 33.9 Å². The van der Waals surface area contributed by atoms with Crippen molar-refractivity contribution in [2.75, 3.05) is 17.7 Å². The molecule has 0 bridgehead atoms. The molecule has 5 rings (SSSR count). The predicted molar refractivity (Wildman–Crippen MR) is 126 cm³/mol. The normalized spacial score (nSPS) is 21.4. The number of benzene rings is 3. The van der Waals surface area contributed by atoms with Crippen molar-refractivity contribution in [3.05, 3.63) is 106 Å². The highest BCUT2D eigenvalue weighted by atomic mass is 16.6. The SMILES string of the molecule is COc1ccc(C2C=C3Nc4ccccc4NC(c4ccc([N+](=O)[O-])cc4)C3C(=O)C2)cc1. The Hall–Kier alpha value is -4.13. The third-order valence-corrected chi connectivity index (χ3v) is 6.34. The Kier molecular flexibility index (Phi) is 5.30. The van der Waals surface area contributed by atoms with Crippen LogP contribution in [0.2, 0.25) is 0 Å². The monoisotopic (exact) mass is 441 g/mol. The smallest absolute Gasteiger partial charge is 0.269 e. The Balaban J connectivity index is 1.57. The number of nitrogens with one attached hydrogen (secondary N) is 2. The number of allylic oxidation sites excluding steroid dienone is 1. The number of hydrogen-bond acceptors (Lipinski definition) is 6. The number of fused-ring (bicyclic) bond motifs is 2. The van der Waals surface area contributed by atoms with Crippen LogP contribution < -0.4 is 15.4 Å². The van der Waals surface area contributed by atoms with Gasteiger partial charge in [-0.1, -0.05) is 42.5 Å². The van der Waals surface area contributed by atoms with E-state index in [1.165, 1.54) is 12.1 Å². The number of non-ortho nitro benzene ring substituents is 1. The molecule has 3 unspecified atom stereocenters. The molecule has 3 aromatic rings. The second kappa shape index (κ2) is 8.43. The summed E-state index contributed by atoms with van der Waals surface area (Å²) in [5, 5.41) is 18.1. The highest BCUT2D eigenvalue weighted by molar-refractivity contribution is 5.90. The molecule has 1 aliphatic heterocycles. The minimum Gasteiger partial charge on any atom is -0.497 e. The minimum absolute atomic E-state index is 0.0243. The van der Waals surface area contributed by atoms with Gasteiger partial charge in [0.25, 0.3) is 5.69 Å². The largest absolute Gasteiger partial charge is 0.497 e. The van der Waals surface area contributed by atoms with Crippen molar-refractivity contribution in [3.8, 4) is 5.75 Å². The van der Waals surface area contributed by atoms with E-state index in [1.807, 2.05) is 48.5 Å². The Morgan fingerprint density at radius 3 is 2.27 bits per heavy atom. The number of ether oxygens (including phenoxy) is 1. The van der Waals surface area contributed by atoms with Gasteiger partial charge in [-0.2, -0.15) is 0 Å². The van der Waals surface area contributed by atoms with Crippen LogP contribution in [-0.2, 0) is 4.79 Å². The van der Waals surface area contributed by atoms with Crippen LogP contribution in [-0.4, -0.2) is 17.8 Å². The number of para-hydroxylation sites is 2. The second-order valence-electron chi connectivity index (χ2n) is 8.29. The van der Waals surface area contributed by atoms with Crippen molar-refractivity contribution < 1.29 is 14.5 Å². The molecule has 1 heterocycles. The van der Waals surface area contributed by atoms with Gasteiger partial charge in [-0.3, -0.25) is 14.9 Å². The Morgan fingerprint density at radius 2 is 1.61 bits per heavy atom. The molecule has 0 spiro atoms. The maximum Gasteiger partial charge on any atom is 0.269 e. The first kappa shape index (κ1) is 20.8. The van der Waals surface area contributed by atoms with Gasteiger partial charge in [0.05, 0.1) is 35.4 Å². The number of hydrogen-bond donors (Lipinski definition) is 2. The molecule has 3 aromatic carbocycles. The summed E-state index contributed by atoms with van der Waals surface area (Å²) in [7, 11) is 1.63. The molecule has 0 saturated carbocycles.